The van der Waals surface area contributed by atoms with Crippen molar-refractivity contribution in [3.8, 4) is 5.75 Å². The molecule has 0 spiro atoms. The van der Waals surface area contributed by atoms with Crippen LogP contribution in [0.2, 0.25) is 5.02 Å². The quantitative estimate of drug-likeness (QED) is 0.207. The molecule has 0 saturated carbocycles. The van der Waals surface area contributed by atoms with Crippen LogP contribution in [0.5, 0.6) is 5.75 Å². The number of anilines is 2. The number of rotatable bonds is 8. The fourth-order valence-corrected chi connectivity index (χ4v) is 7.78. The van der Waals surface area contributed by atoms with E-state index >= 15 is 0 Å². The van der Waals surface area contributed by atoms with Gasteiger partial charge in [0.15, 0.2) is 17.3 Å². The van der Waals surface area contributed by atoms with Crippen molar-refractivity contribution in [3.63, 3.8) is 0 Å². The average molecular weight is 804 g/mol. The number of benzene rings is 2. The summed E-state index contributed by atoms with van der Waals surface area (Å²) in [6.45, 7) is 5.74. The number of fused-ring (bicyclic) bond motifs is 3. The smallest absolute Gasteiger partial charge is 0.416 e. The third kappa shape index (κ3) is 7.32. The first-order chi connectivity index (χ1) is 27.4. The fourth-order valence-electron chi connectivity index (χ4n) is 7.55. The van der Waals surface area contributed by atoms with Gasteiger partial charge in [-0.15, -0.1) is 5.10 Å². The van der Waals surface area contributed by atoms with Gasteiger partial charge in [-0.1, -0.05) is 54.9 Å². The molecule has 14 nitrogen and oxygen atoms in total. The van der Waals surface area contributed by atoms with E-state index in [1.807, 2.05) is 48.2 Å². The number of aromatic nitrogens is 6. The van der Waals surface area contributed by atoms with E-state index < -0.39 is 29.2 Å². The van der Waals surface area contributed by atoms with Crippen molar-refractivity contribution < 1.29 is 32.2 Å². The van der Waals surface area contributed by atoms with E-state index in [0.717, 1.165) is 29.3 Å². The van der Waals surface area contributed by atoms with Crippen molar-refractivity contribution in [2.24, 2.45) is 0 Å². The first-order valence-corrected chi connectivity index (χ1v) is 18.8. The molecule has 1 fully saturated rings. The lowest BCUT2D eigenvalue weighted by atomic mass is 10.0. The molecule has 2 atom stereocenters. The minimum atomic E-state index is -4.61. The number of halogens is 4. The zero-order valence-corrected chi connectivity index (χ0v) is 31.7. The van der Waals surface area contributed by atoms with Crippen molar-refractivity contribution in [3.05, 3.63) is 110 Å². The highest BCUT2D eigenvalue weighted by Gasteiger charge is 2.41. The average Bonchev–Trinajstić information content (AvgIpc) is 3.81. The number of carbonyl (C=O) groups excluding carboxylic acids is 2. The Morgan fingerprint density at radius 3 is 2.54 bits per heavy atom. The number of carbonyl (C=O) groups is 2. The van der Waals surface area contributed by atoms with Crippen LogP contribution in [0.15, 0.2) is 65.7 Å². The van der Waals surface area contributed by atoms with Crippen LogP contribution in [0.1, 0.15) is 70.6 Å². The molecular weight excluding hydrogens is 767 g/mol. The molecule has 3 aliphatic heterocycles. The van der Waals surface area contributed by atoms with Crippen LogP contribution in [-0.2, 0) is 22.3 Å². The van der Waals surface area contributed by atoms with Crippen molar-refractivity contribution in [1.82, 2.24) is 34.0 Å². The number of hydrogen-bond acceptors (Lipinski definition) is 10. The van der Waals surface area contributed by atoms with Gasteiger partial charge in [0.05, 0.1) is 40.9 Å². The standard InChI is InChI=1S/C39H37ClF3N9O5/c1-22-18-29(35(53)46-28-9-8-26(19-27(28)40)39(41,42)43)51-31(22)32(37(55)52-38(51)47-34(48-52)25-10-16-56-17-11-25)49-12-14-50(15-13-49)36(54)30-33(23(2)44-21-45-30)57-20-24-6-4-3-5-7-24/h3-10,19,21-22,29H,11-18,20H2,1-2H3,(H,46,53)/t22-,29-/m1/s1. The Morgan fingerprint density at radius 2 is 1.84 bits per heavy atom. The van der Waals surface area contributed by atoms with Gasteiger partial charge in [-0.2, -0.15) is 22.7 Å². The van der Waals surface area contributed by atoms with E-state index in [9.17, 15) is 27.6 Å². The molecule has 2 amide bonds. The second kappa shape index (κ2) is 15.3. The van der Waals surface area contributed by atoms with Gasteiger partial charge in [0.1, 0.15) is 24.7 Å². The fraction of sp³-hybridized carbons (Fsp3) is 0.359. The number of aryl methyl sites for hydroxylation is 1. The summed E-state index contributed by atoms with van der Waals surface area (Å²) in [6, 6.07) is 11.3. The molecule has 0 aliphatic carbocycles. The zero-order chi connectivity index (χ0) is 40.0. The van der Waals surface area contributed by atoms with Crippen LogP contribution in [0.25, 0.3) is 11.4 Å². The maximum absolute atomic E-state index is 14.5. The molecule has 5 aromatic rings. The molecule has 0 radical (unpaired) electrons. The van der Waals surface area contributed by atoms with Gasteiger partial charge in [-0.05, 0) is 49.1 Å². The first-order valence-electron chi connectivity index (χ1n) is 18.4. The number of hydrogen-bond donors (Lipinski definition) is 1. The number of amides is 2. The van der Waals surface area contributed by atoms with Gasteiger partial charge in [0.2, 0.25) is 11.7 Å². The van der Waals surface area contributed by atoms with Crippen molar-refractivity contribution in [2.45, 2.75) is 51.4 Å². The van der Waals surface area contributed by atoms with Gasteiger partial charge >= 0.3 is 6.18 Å². The third-order valence-electron chi connectivity index (χ3n) is 10.5. The maximum atomic E-state index is 14.5. The first kappa shape index (κ1) is 38.1. The summed E-state index contributed by atoms with van der Waals surface area (Å²) >= 11 is 6.22. The lowest BCUT2D eigenvalue weighted by Gasteiger charge is -2.36. The number of alkyl halides is 3. The van der Waals surface area contributed by atoms with E-state index in [0.29, 0.717) is 48.3 Å². The summed E-state index contributed by atoms with van der Waals surface area (Å²) in [4.78, 5) is 59.4. The third-order valence-corrected chi connectivity index (χ3v) is 10.8. The molecule has 0 unspecified atom stereocenters. The Morgan fingerprint density at radius 1 is 1.07 bits per heavy atom. The molecule has 1 N–H and O–H groups in total. The predicted octanol–water partition coefficient (Wildman–Crippen LogP) is 5.69. The molecule has 3 aliphatic rings. The largest absolute Gasteiger partial charge is 0.485 e. The molecule has 18 heteroatoms. The van der Waals surface area contributed by atoms with E-state index in [-0.39, 0.29) is 73.2 Å². The summed E-state index contributed by atoms with van der Waals surface area (Å²) < 4.78 is 54.5. The SMILES string of the molecule is Cc1ncnc(C(=O)N2CCN(c3c4n(c5nc(C6=CCOCC6)nn5c3=O)[C@@H](C(=O)Nc3ccc(C(F)(F)F)cc3Cl)C[C@H]4C)CC2)c1OCc1ccccc1. The number of piperazine rings is 1. The van der Waals surface area contributed by atoms with Gasteiger partial charge < -0.3 is 24.6 Å². The monoisotopic (exact) mass is 803 g/mol. The van der Waals surface area contributed by atoms with E-state index in [1.165, 1.54) is 10.8 Å². The highest BCUT2D eigenvalue weighted by Crippen LogP contribution is 2.42. The van der Waals surface area contributed by atoms with Crippen LogP contribution in [0, 0.1) is 6.92 Å². The molecule has 1 saturated heterocycles. The Bertz CT molecular complexity index is 2460. The predicted molar refractivity (Wildman–Crippen MR) is 203 cm³/mol. The molecule has 6 heterocycles. The Balaban J connectivity index is 1.11. The van der Waals surface area contributed by atoms with Crippen LogP contribution in [-0.4, -0.2) is 85.2 Å². The Labute approximate surface area is 328 Å². The van der Waals surface area contributed by atoms with Gasteiger partial charge in [-0.25, -0.2) is 9.97 Å². The van der Waals surface area contributed by atoms with Crippen molar-refractivity contribution in [1.29, 1.82) is 0 Å². The number of nitrogens with zero attached hydrogens (tertiary/aromatic N) is 8. The molecule has 8 rings (SSSR count). The van der Waals surface area contributed by atoms with Crippen molar-refractivity contribution >= 4 is 46.1 Å². The summed E-state index contributed by atoms with van der Waals surface area (Å²) in [5.74, 6) is -0.430. The maximum Gasteiger partial charge on any atom is 0.416 e. The summed E-state index contributed by atoms with van der Waals surface area (Å²) in [5, 5.41) is 7.06. The lowest BCUT2D eigenvalue weighted by Crippen LogP contribution is -2.51. The summed E-state index contributed by atoms with van der Waals surface area (Å²) in [5.41, 5.74) is 1.91. The van der Waals surface area contributed by atoms with Gasteiger partial charge in [-0.3, -0.25) is 19.0 Å². The highest BCUT2D eigenvalue weighted by molar-refractivity contribution is 6.33. The molecule has 57 heavy (non-hydrogen) atoms. The summed E-state index contributed by atoms with van der Waals surface area (Å²) in [7, 11) is 0. The molecular formula is C39H37ClF3N9O5. The number of ether oxygens (including phenoxy) is 2. The van der Waals surface area contributed by atoms with Gasteiger partial charge in [0, 0.05) is 32.1 Å². The van der Waals surface area contributed by atoms with Crippen LogP contribution in [0.4, 0.5) is 24.5 Å². The molecule has 0 bridgehead atoms. The Hall–Kier alpha value is -5.81. The minimum absolute atomic E-state index is 0.0101. The number of nitrogens with one attached hydrogen (secondary N) is 1. The van der Waals surface area contributed by atoms with E-state index in [4.69, 9.17) is 26.1 Å². The van der Waals surface area contributed by atoms with Gasteiger partial charge in [0.25, 0.3) is 11.5 Å². The van der Waals surface area contributed by atoms with E-state index in [2.05, 4.69) is 20.4 Å². The highest BCUT2D eigenvalue weighted by atomic mass is 35.5. The Kier molecular flexibility index (Phi) is 10.2. The topological polar surface area (TPSA) is 149 Å². The molecule has 2 aromatic carbocycles. The second-order valence-corrected chi connectivity index (χ2v) is 14.5. The minimum Gasteiger partial charge on any atom is -0.485 e. The normalized spacial score (nSPS) is 18.4. The molecule has 3 aromatic heterocycles. The van der Waals surface area contributed by atoms with Crippen LogP contribution >= 0.6 is 11.6 Å². The van der Waals surface area contributed by atoms with Crippen LogP contribution in [0.3, 0.4) is 0 Å². The van der Waals surface area contributed by atoms with E-state index in [1.54, 1.807) is 16.4 Å². The second-order valence-electron chi connectivity index (χ2n) is 14.1. The molecule has 296 valence electrons. The van der Waals surface area contributed by atoms with Crippen LogP contribution < -0.4 is 20.5 Å². The zero-order valence-electron chi connectivity index (χ0n) is 30.9. The summed E-state index contributed by atoms with van der Waals surface area (Å²) in [6.07, 6.45) is -0.652. The van der Waals surface area contributed by atoms with Crippen molar-refractivity contribution in [2.75, 3.05) is 49.6 Å². The lowest BCUT2D eigenvalue weighted by molar-refractivity contribution is -0.137.